The maximum Gasteiger partial charge on any atom is 0.367 e. The van der Waals surface area contributed by atoms with Gasteiger partial charge in [0, 0.05) is 0 Å². The van der Waals surface area contributed by atoms with E-state index in [2.05, 4.69) is 41.6 Å². The molecule has 4 heteroatoms. The van der Waals surface area contributed by atoms with Crippen LogP contribution in [0.5, 0.6) is 0 Å². The molecule has 0 bridgehead atoms. The highest BCUT2D eigenvalue weighted by molar-refractivity contribution is 6.33. The Labute approximate surface area is 156 Å². The number of rotatable bonds is 3. The number of nitrogens with zero attached hydrogens (tertiary/aromatic N) is 1. The van der Waals surface area contributed by atoms with Gasteiger partial charge in [-0.25, -0.2) is 4.79 Å². The minimum absolute atomic E-state index is 0.301. The third kappa shape index (κ3) is 3.02. The minimum Gasteiger partial charge on any atom is -0.312 e. The van der Waals surface area contributed by atoms with E-state index in [1.165, 1.54) is 22.3 Å². The first-order chi connectivity index (χ1) is 12.6. The smallest absolute Gasteiger partial charge is 0.312 e. The van der Waals surface area contributed by atoms with E-state index in [4.69, 9.17) is 16.4 Å². The van der Waals surface area contributed by atoms with Crippen molar-refractivity contribution in [2.45, 2.75) is 13.3 Å². The fourth-order valence-corrected chi connectivity index (χ4v) is 3.42. The van der Waals surface area contributed by atoms with Crippen molar-refractivity contribution in [2.75, 3.05) is 0 Å². The van der Waals surface area contributed by atoms with E-state index < -0.39 is 5.97 Å². The Morgan fingerprint density at radius 2 is 1.69 bits per heavy atom. The monoisotopic (exact) mass is 361 g/mol. The van der Waals surface area contributed by atoms with E-state index in [-0.39, 0.29) is 0 Å². The molecule has 0 aliphatic heterocycles. The highest BCUT2D eigenvalue weighted by Gasteiger charge is 2.18. The van der Waals surface area contributed by atoms with Crippen LogP contribution < -0.4 is 0 Å². The van der Waals surface area contributed by atoms with E-state index in [0.29, 0.717) is 16.3 Å². The largest absolute Gasteiger partial charge is 0.367 e. The molecule has 0 atom stereocenters. The average Bonchev–Trinajstić information content (AvgIpc) is 3.04. The van der Waals surface area contributed by atoms with E-state index in [0.717, 1.165) is 12.0 Å². The molecular formula is C22H16ClNO2. The summed E-state index contributed by atoms with van der Waals surface area (Å²) >= 11 is 6.01. The Hall–Kier alpha value is -2.91. The van der Waals surface area contributed by atoms with Gasteiger partial charge >= 0.3 is 5.97 Å². The number of benzene rings is 3. The topological polar surface area (TPSA) is 38.7 Å². The number of carbonyl (C=O) groups is 1. The van der Waals surface area contributed by atoms with Crippen LogP contribution in [0.3, 0.4) is 0 Å². The van der Waals surface area contributed by atoms with Crippen molar-refractivity contribution in [3.05, 3.63) is 94.0 Å². The SMILES string of the molecule is CC(=NOC(=O)c1ccccc1Cl)c1ccc2c(c1)Cc1ccccc1-2. The molecule has 26 heavy (non-hydrogen) atoms. The Morgan fingerprint density at radius 1 is 0.962 bits per heavy atom. The minimum atomic E-state index is -0.566. The van der Waals surface area contributed by atoms with Crippen LogP contribution in [0.15, 0.2) is 71.9 Å². The van der Waals surface area contributed by atoms with Crippen molar-refractivity contribution in [1.29, 1.82) is 0 Å². The Morgan fingerprint density at radius 3 is 2.54 bits per heavy atom. The zero-order valence-corrected chi connectivity index (χ0v) is 15.0. The van der Waals surface area contributed by atoms with Gasteiger partial charge in [-0.1, -0.05) is 65.3 Å². The van der Waals surface area contributed by atoms with E-state index in [1.54, 1.807) is 24.3 Å². The lowest BCUT2D eigenvalue weighted by molar-refractivity contribution is 0.0516. The van der Waals surface area contributed by atoms with Gasteiger partial charge in [-0.2, -0.15) is 0 Å². The van der Waals surface area contributed by atoms with Gasteiger partial charge in [-0.3, -0.25) is 0 Å². The Balaban J connectivity index is 1.55. The van der Waals surface area contributed by atoms with Gasteiger partial charge in [0.25, 0.3) is 0 Å². The summed E-state index contributed by atoms with van der Waals surface area (Å²) in [6.45, 7) is 1.82. The second-order valence-corrected chi connectivity index (χ2v) is 6.65. The van der Waals surface area contributed by atoms with Crippen molar-refractivity contribution >= 4 is 23.3 Å². The van der Waals surface area contributed by atoms with Crippen LogP contribution in [-0.2, 0) is 11.3 Å². The summed E-state index contributed by atoms with van der Waals surface area (Å²) in [7, 11) is 0. The van der Waals surface area contributed by atoms with Gasteiger partial charge in [0.15, 0.2) is 0 Å². The molecule has 0 heterocycles. The molecule has 3 aromatic rings. The van der Waals surface area contributed by atoms with Crippen molar-refractivity contribution < 1.29 is 9.63 Å². The molecule has 1 aliphatic rings. The molecule has 128 valence electrons. The molecule has 0 amide bonds. The van der Waals surface area contributed by atoms with Crippen LogP contribution in [0.2, 0.25) is 5.02 Å². The third-order valence-corrected chi connectivity index (χ3v) is 4.90. The number of oxime groups is 1. The maximum absolute atomic E-state index is 12.1. The molecule has 0 spiro atoms. The fourth-order valence-electron chi connectivity index (χ4n) is 3.21. The van der Waals surface area contributed by atoms with Gasteiger partial charge < -0.3 is 4.84 Å². The van der Waals surface area contributed by atoms with Crippen LogP contribution in [0.4, 0.5) is 0 Å². The Kier molecular flexibility index (Phi) is 4.31. The van der Waals surface area contributed by atoms with Crippen molar-refractivity contribution in [1.82, 2.24) is 0 Å². The molecular weight excluding hydrogens is 346 g/mol. The lowest BCUT2D eigenvalue weighted by Crippen LogP contribution is -2.04. The summed E-state index contributed by atoms with van der Waals surface area (Å²) in [5.41, 5.74) is 7.01. The van der Waals surface area contributed by atoms with Gasteiger partial charge in [0.2, 0.25) is 0 Å². The molecule has 0 saturated carbocycles. The fraction of sp³-hybridized carbons (Fsp3) is 0.0909. The van der Waals surface area contributed by atoms with E-state index in [1.807, 2.05) is 13.0 Å². The van der Waals surface area contributed by atoms with Crippen molar-refractivity contribution in [2.24, 2.45) is 5.16 Å². The summed E-state index contributed by atoms with van der Waals surface area (Å²) < 4.78 is 0. The first-order valence-electron chi connectivity index (χ1n) is 8.35. The van der Waals surface area contributed by atoms with Crippen LogP contribution in [0.1, 0.15) is 34.0 Å². The lowest BCUT2D eigenvalue weighted by atomic mass is 10.0. The van der Waals surface area contributed by atoms with Gasteiger partial charge in [-0.05, 0) is 59.4 Å². The average molecular weight is 362 g/mol. The van der Waals surface area contributed by atoms with E-state index >= 15 is 0 Å². The highest BCUT2D eigenvalue weighted by Crippen LogP contribution is 2.36. The standard InChI is InChI=1S/C22H16ClNO2/c1-14(24-26-22(25)20-8-4-5-9-21(20)23)15-10-11-19-17(12-15)13-16-6-2-3-7-18(16)19/h2-12H,13H2,1H3. The summed E-state index contributed by atoms with van der Waals surface area (Å²) in [6.07, 6.45) is 0.909. The first kappa shape index (κ1) is 16.6. The molecule has 0 saturated heterocycles. The Bertz CT molecular complexity index is 1040. The predicted molar refractivity (Wildman–Crippen MR) is 104 cm³/mol. The number of carbonyl (C=O) groups excluding carboxylic acids is 1. The van der Waals surface area contributed by atoms with Crippen molar-refractivity contribution in [3.63, 3.8) is 0 Å². The van der Waals surface area contributed by atoms with Gasteiger partial charge in [-0.15, -0.1) is 0 Å². The first-order valence-corrected chi connectivity index (χ1v) is 8.73. The molecule has 3 nitrogen and oxygen atoms in total. The second-order valence-electron chi connectivity index (χ2n) is 6.24. The molecule has 1 aliphatic carbocycles. The summed E-state index contributed by atoms with van der Waals surface area (Å²) in [4.78, 5) is 17.2. The van der Waals surface area contributed by atoms with Crippen molar-refractivity contribution in [3.8, 4) is 11.1 Å². The number of fused-ring (bicyclic) bond motifs is 3. The van der Waals surface area contributed by atoms with E-state index in [9.17, 15) is 4.79 Å². The molecule has 0 unspecified atom stereocenters. The number of halogens is 1. The normalized spacial score (nSPS) is 12.5. The molecule has 0 radical (unpaired) electrons. The van der Waals surface area contributed by atoms with Gasteiger partial charge in [0.1, 0.15) is 0 Å². The summed E-state index contributed by atoms with van der Waals surface area (Å²) in [6, 6.07) is 21.4. The zero-order valence-electron chi connectivity index (χ0n) is 14.2. The lowest BCUT2D eigenvalue weighted by Gasteiger charge is -2.05. The number of hydrogen-bond donors (Lipinski definition) is 0. The predicted octanol–water partition coefficient (Wildman–Crippen LogP) is 5.49. The molecule has 0 N–H and O–H groups in total. The van der Waals surface area contributed by atoms with Crippen LogP contribution >= 0.6 is 11.6 Å². The van der Waals surface area contributed by atoms with Gasteiger partial charge in [0.05, 0.1) is 16.3 Å². The second kappa shape index (κ2) is 6.77. The highest BCUT2D eigenvalue weighted by atomic mass is 35.5. The molecule has 0 aromatic heterocycles. The van der Waals surface area contributed by atoms with Crippen LogP contribution in [0, 0.1) is 0 Å². The zero-order chi connectivity index (χ0) is 18.1. The molecule has 3 aromatic carbocycles. The van der Waals surface area contributed by atoms with Crippen LogP contribution in [-0.4, -0.2) is 11.7 Å². The quantitative estimate of drug-likeness (QED) is 0.275. The summed E-state index contributed by atoms with van der Waals surface area (Å²) in [5, 5.41) is 4.34. The molecule has 0 fully saturated rings. The maximum atomic E-state index is 12.1. The van der Waals surface area contributed by atoms with Crippen LogP contribution in [0.25, 0.3) is 11.1 Å². The number of hydrogen-bond acceptors (Lipinski definition) is 3. The third-order valence-electron chi connectivity index (χ3n) is 4.57. The molecule has 4 rings (SSSR count). The summed E-state index contributed by atoms with van der Waals surface area (Å²) in [5.74, 6) is -0.566.